The minimum atomic E-state index is -0.666. The summed E-state index contributed by atoms with van der Waals surface area (Å²) >= 11 is 0. The van der Waals surface area contributed by atoms with Gasteiger partial charge in [0.25, 0.3) is 0 Å². The maximum Gasteiger partial charge on any atom is 0.315 e. The van der Waals surface area contributed by atoms with Gasteiger partial charge in [-0.25, -0.2) is 0 Å². The predicted octanol–water partition coefficient (Wildman–Crippen LogP) is 5.60. The number of phenolic OH excluding ortho intramolecular Hbond substituents is 1. The molecule has 0 fully saturated rings. The molecule has 8 nitrogen and oxygen atoms in total. The number of nitro benzene ring substituents is 1. The van der Waals surface area contributed by atoms with Crippen molar-refractivity contribution >= 4 is 22.8 Å². The zero-order valence-electron chi connectivity index (χ0n) is 19.4. The van der Waals surface area contributed by atoms with Crippen LogP contribution in [0.3, 0.4) is 0 Å². The zero-order valence-corrected chi connectivity index (χ0v) is 19.4. The van der Waals surface area contributed by atoms with E-state index in [0.717, 1.165) is 28.2 Å². The van der Waals surface area contributed by atoms with Gasteiger partial charge in [-0.15, -0.1) is 0 Å². The summed E-state index contributed by atoms with van der Waals surface area (Å²) in [6.45, 7) is 2.03. The number of carbonyl (C=O) groups is 1. The molecule has 8 heteroatoms. The lowest BCUT2D eigenvalue weighted by Crippen LogP contribution is -2.27. The summed E-state index contributed by atoms with van der Waals surface area (Å²) in [5, 5.41) is 28.8. The molecule has 0 saturated carbocycles. The highest BCUT2D eigenvalue weighted by Crippen LogP contribution is 2.46. The number of nitro groups is 1. The number of aryl methyl sites for hydroxylation is 1. The number of rotatable bonds is 4. The van der Waals surface area contributed by atoms with Crippen molar-refractivity contribution in [3.8, 4) is 11.5 Å². The van der Waals surface area contributed by atoms with Crippen molar-refractivity contribution in [1.29, 1.82) is 0 Å². The summed E-state index contributed by atoms with van der Waals surface area (Å²) in [6.07, 6.45) is 0.948. The van der Waals surface area contributed by atoms with Crippen LogP contribution >= 0.6 is 0 Å². The van der Waals surface area contributed by atoms with Gasteiger partial charge in [-0.2, -0.15) is 0 Å². The predicted molar refractivity (Wildman–Crippen MR) is 133 cm³/mol. The van der Waals surface area contributed by atoms with Gasteiger partial charge in [0.05, 0.1) is 29.4 Å². The van der Waals surface area contributed by atoms with E-state index in [1.807, 2.05) is 43.3 Å². The fourth-order valence-electron chi connectivity index (χ4n) is 4.89. The third kappa shape index (κ3) is 4.07. The number of anilines is 2. The first-order chi connectivity index (χ1) is 16.9. The number of fused-ring (bicyclic) bond motifs is 1. The van der Waals surface area contributed by atoms with Gasteiger partial charge in [0.2, 0.25) is 5.75 Å². The Hall–Kier alpha value is -4.33. The van der Waals surface area contributed by atoms with Crippen molar-refractivity contribution in [2.45, 2.75) is 31.7 Å². The quantitative estimate of drug-likeness (QED) is 0.335. The fourth-order valence-corrected chi connectivity index (χ4v) is 4.89. The molecule has 0 bridgehead atoms. The van der Waals surface area contributed by atoms with E-state index < -0.39 is 22.4 Å². The van der Waals surface area contributed by atoms with Crippen LogP contribution in [0.2, 0.25) is 0 Å². The second kappa shape index (κ2) is 8.79. The van der Waals surface area contributed by atoms with Gasteiger partial charge < -0.3 is 20.5 Å². The highest BCUT2D eigenvalue weighted by molar-refractivity contribution is 6.01. The first kappa shape index (κ1) is 22.5. The number of hydrogen-bond acceptors (Lipinski definition) is 7. The molecule has 35 heavy (non-hydrogen) atoms. The molecule has 1 aliphatic carbocycles. The number of nitrogens with zero attached hydrogens (tertiary/aromatic N) is 1. The minimum Gasteiger partial charge on any atom is -0.500 e. The van der Waals surface area contributed by atoms with Crippen molar-refractivity contribution in [3.05, 3.63) is 98.7 Å². The Balaban J connectivity index is 1.65. The van der Waals surface area contributed by atoms with Gasteiger partial charge in [-0.05, 0) is 48.6 Å². The van der Waals surface area contributed by atoms with E-state index in [1.54, 1.807) is 0 Å². The number of ketones is 1. The van der Waals surface area contributed by atoms with Crippen LogP contribution in [0.4, 0.5) is 17.1 Å². The molecule has 178 valence electrons. The molecule has 0 radical (unpaired) electrons. The van der Waals surface area contributed by atoms with E-state index in [9.17, 15) is 20.0 Å². The number of benzene rings is 3. The van der Waals surface area contributed by atoms with E-state index in [4.69, 9.17) is 4.74 Å². The smallest absolute Gasteiger partial charge is 0.315 e. The Morgan fingerprint density at radius 2 is 1.74 bits per heavy atom. The number of phenols is 1. The molecule has 0 spiro atoms. The van der Waals surface area contributed by atoms with Gasteiger partial charge in [-0.3, -0.25) is 14.9 Å². The maximum absolute atomic E-state index is 13.7. The zero-order chi connectivity index (χ0) is 24.7. The van der Waals surface area contributed by atoms with Gasteiger partial charge in [-0.1, -0.05) is 42.0 Å². The van der Waals surface area contributed by atoms with E-state index in [2.05, 4.69) is 22.8 Å². The molecule has 1 aliphatic heterocycles. The Morgan fingerprint density at radius 3 is 2.43 bits per heavy atom. The van der Waals surface area contributed by atoms with Crippen LogP contribution in [0.15, 0.2) is 71.9 Å². The molecule has 0 amide bonds. The Kier molecular flexibility index (Phi) is 5.64. The van der Waals surface area contributed by atoms with Crippen LogP contribution in [0, 0.1) is 17.0 Å². The largest absolute Gasteiger partial charge is 0.500 e. The summed E-state index contributed by atoms with van der Waals surface area (Å²) in [6, 6.07) is 18.0. The van der Waals surface area contributed by atoms with Crippen molar-refractivity contribution in [1.82, 2.24) is 0 Å². The Labute approximate surface area is 202 Å². The van der Waals surface area contributed by atoms with E-state index >= 15 is 0 Å². The number of allylic oxidation sites excluding steroid dienone is 1. The van der Waals surface area contributed by atoms with Crippen molar-refractivity contribution in [2.75, 3.05) is 17.7 Å². The molecule has 3 aromatic carbocycles. The SMILES string of the molecule is COc1cc([C@@H]2Nc3ccccc3NC3=C2C(=O)C[C@@H](c2ccc(C)cc2)C3)cc([N+](=O)[O-])c1O. The lowest BCUT2D eigenvalue weighted by atomic mass is 9.78. The number of methoxy groups -OCH3 is 1. The second-order valence-corrected chi connectivity index (χ2v) is 8.93. The number of nitrogens with one attached hydrogen (secondary N) is 2. The third-order valence-electron chi connectivity index (χ3n) is 6.68. The molecule has 0 aromatic heterocycles. The van der Waals surface area contributed by atoms with Gasteiger partial charge in [0, 0.05) is 23.8 Å². The second-order valence-electron chi connectivity index (χ2n) is 8.93. The van der Waals surface area contributed by atoms with E-state index in [0.29, 0.717) is 24.0 Å². The molecule has 3 N–H and O–H groups in total. The number of ether oxygens (including phenoxy) is 1. The van der Waals surface area contributed by atoms with Crippen molar-refractivity contribution < 1.29 is 19.6 Å². The van der Waals surface area contributed by atoms with Crippen LogP contribution in [0.1, 0.15) is 41.5 Å². The topological polar surface area (TPSA) is 114 Å². The number of hydrogen-bond donors (Lipinski definition) is 3. The molecule has 2 atom stereocenters. The lowest BCUT2D eigenvalue weighted by molar-refractivity contribution is -0.386. The minimum absolute atomic E-state index is 0.0175. The standard InChI is InChI=1S/C27H25N3O5/c1-15-7-9-16(10-8-15)17-11-21-25(23(31)13-17)26(29-20-6-4-3-5-19(20)28-21)18-12-22(30(33)34)27(32)24(14-18)35-2/h3-10,12,14,17,26,28-29,32H,11,13H2,1-2H3/t17-,26-/m0/s1. The Morgan fingerprint density at radius 1 is 1.03 bits per heavy atom. The summed E-state index contributed by atoms with van der Waals surface area (Å²) in [7, 11) is 1.34. The highest BCUT2D eigenvalue weighted by atomic mass is 16.6. The summed E-state index contributed by atoms with van der Waals surface area (Å²) < 4.78 is 5.22. The first-order valence-electron chi connectivity index (χ1n) is 11.4. The van der Waals surface area contributed by atoms with Crippen LogP contribution in [0.25, 0.3) is 0 Å². The normalized spacial score (nSPS) is 19.1. The number of carbonyl (C=O) groups excluding carboxylic acids is 1. The average Bonchev–Trinajstić information content (AvgIpc) is 3.01. The third-order valence-corrected chi connectivity index (χ3v) is 6.68. The lowest BCUT2D eigenvalue weighted by Gasteiger charge is -2.30. The molecule has 0 unspecified atom stereocenters. The summed E-state index contributed by atoms with van der Waals surface area (Å²) in [4.78, 5) is 24.6. The molecule has 1 heterocycles. The molecule has 3 aromatic rings. The van der Waals surface area contributed by atoms with E-state index in [1.165, 1.54) is 19.2 Å². The molecular weight excluding hydrogens is 446 g/mol. The van der Waals surface area contributed by atoms with Crippen LogP contribution in [-0.4, -0.2) is 22.9 Å². The molecule has 5 rings (SSSR count). The monoisotopic (exact) mass is 471 g/mol. The van der Waals surface area contributed by atoms with Gasteiger partial charge >= 0.3 is 5.69 Å². The Bertz CT molecular complexity index is 1360. The van der Waals surface area contributed by atoms with Gasteiger partial charge in [0.15, 0.2) is 11.5 Å². The molecule has 2 aliphatic rings. The molecular formula is C27H25N3O5. The van der Waals surface area contributed by atoms with Crippen LogP contribution in [0.5, 0.6) is 11.5 Å². The van der Waals surface area contributed by atoms with Crippen molar-refractivity contribution in [2.24, 2.45) is 0 Å². The van der Waals surface area contributed by atoms with Gasteiger partial charge in [0.1, 0.15) is 0 Å². The summed E-state index contributed by atoms with van der Waals surface area (Å²) in [5.74, 6) is -0.588. The van der Waals surface area contributed by atoms with Crippen LogP contribution < -0.4 is 15.4 Å². The number of Topliss-reactive ketones (excluding diaryl/α,β-unsaturated/α-hetero) is 1. The highest BCUT2D eigenvalue weighted by Gasteiger charge is 2.37. The molecule has 0 saturated heterocycles. The fraction of sp³-hybridized carbons (Fsp3) is 0.222. The first-order valence-corrected chi connectivity index (χ1v) is 11.4. The van der Waals surface area contributed by atoms with E-state index in [-0.39, 0.29) is 17.5 Å². The summed E-state index contributed by atoms with van der Waals surface area (Å²) in [5.41, 5.74) is 5.14. The average molecular weight is 472 g/mol. The van der Waals surface area contributed by atoms with Crippen LogP contribution in [-0.2, 0) is 4.79 Å². The maximum atomic E-state index is 13.7. The van der Waals surface area contributed by atoms with Crippen molar-refractivity contribution in [3.63, 3.8) is 0 Å². The number of para-hydroxylation sites is 2. The number of aromatic hydroxyl groups is 1.